The standard InChI is InChI=1S/C19H24N2O3/c1-23-16-11-14-5-9-21(10-6-15(14)12-17(16)24-2)18(22)19(13-20)7-3-4-8-19/h11-12H,3-10H2,1-2H3. The summed E-state index contributed by atoms with van der Waals surface area (Å²) < 4.78 is 10.8. The third-order valence-electron chi connectivity index (χ3n) is 5.38. The largest absolute Gasteiger partial charge is 0.493 e. The Morgan fingerprint density at radius 3 is 2.00 bits per heavy atom. The van der Waals surface area contributed by atoms with E-state index < -0.39 is 5.41 Å². The van der Waals surface area contributed by atoms with E-state index in [2.05, 4.69) is 6.07 Å². The van der Waals surface area contributed by atoms with E-state index in [0.717, 1.165) is 37.2 Å². The highest BCUT2D eigenvalue weighted by atomic mass is 16.5. The molecule has 0 atom stereocenters. The molecule has 1 aromatic rings. The van der Waals surface area contributed by atoms with Gasteiger partial charge < -0.3 is 14.4 Å². The van der Waals surface area contributed by atoms with E-state index in [9.17, 15) is 10.1 Å². The quantitative estimate of drug-likeness (QED) is 0.856. The molecule has 24 heavy (non-hydrogen) atoms. The lowest BCUT2D eigenvalue weighted by Crippen LogP contribution is -2.43. The fourth-order valence-corrected chi connectivity index (χ4v) is 3.91. The van der Waals surface area contributed by atoms with Gasteiger partial charge in [-0.2, -0.15) is 5.26 Å². The zero-order chi connectivity index (χ0) is 17.2. The smallest absolute Gasteiger partial charge is 0.243 e. The molecule has 0 unspecified atom stereocenters. The summed E-state index contributed by atoms with van der Waals surface area (Å²) in [6, 6.07) is 6.34. The summed E-state index contributed by atoms with van der Waals surface area (Å²) in [4.78, 5) is 14.8. The van der Waals surface area contributed by atoms with Gasteiger partial charge in [-0.1, -0.05) is 12.8 Å². The SMILES string of the molecule is COc1cc2c(cc1OC)CCN(C(=O)C1(C#N)CCCC1)CC2. The van der Waals surface area contributed by atoms with Crippen molar-refractivity contribution in [1.82, 2.24) is 4.90 Å². The summed E-state index contributed by atoms with van der Waals surface area (Å²) in [5.74, 6) is 1.47. The number of benzene rings is 1. The average Bonchev–Trinajstić information content (AvgIpc) is 3.02. The van der Waals surface area contributed by atoms with Crippen molar-refractivity contribution in [1.29, 1.82) is 5.26 Å². The number of rotatable bonds is 3. The highest BCUT2D eigenvalue weighted by Gasteiger charge is 2.44. The van der Waals surface area contributed by atoms with Gasteiger partial charge >= 0.3 is 0 Å². The number of hydrogen-bond donors (Lipinski definition) is 0. The predicted molar refractivity (Wildman–Crippen MR) is 90.0 cm³/mol. The Labute approximate surface area is 143 Å². The van der Waals surface area contributed by atoms with Crippen molar-refractivity contribution < 1.29 is 14.3 Å². The first-order chi connectivity index (χ1) is 11.6. The van der Waals surface area contributed by atoms with E-state index in [4.69, 9.17) is 9.47 Å². The minimum Gasteiger partial charge on any atom is -0.493 e. The van der Waals surface area contributed by atoms with Crippen LogP contribution in [-0.4, -0.2) is 38.1 Å². The molecule has 1 aliphatic heterocycles. The molecule has 0 bridgehead atoms. The summed E-state index contributed by atoms with van der Waals surface area (Å²) in [5.41, 5.74) is 1.60. The van der Waals surface area contributed by atoms with Gasteiger partial charge in [-0.25, -0.2) is 0 Å². The van der Waals surface area contributed by atoms with Crippen LogP contribution >= 0.6 is 0 Å². The molecule has 0 spiro atoms. The summed E-state index contributed by atoms with van der Waals surface area (Å²) >= 11 is 0. The van der Waals surface area contributed by atoms with Gasteiger partial charge in [0.2, 0.25) is 5.91 Å². The van der Waals surface area contributed by atoms with E-state index in [1.165, 1.54) is 11.1 Å². The minimum absolute atomic E-state index is 0.0224. The molecular formula is C19H24N2O3. The predicted octanol–water partition coefficient (Wildman–Crippen LogP) is 2.71. The maximum atomic E-state index is 13.0. The zero-order valence-electron chi connectivity index (χ0n) is 14.4. The van der Waals surface area contributed by atoms with Crippen molar-refractivity contribution in [3.8, 4) is 17.6 Å². The summed E-state index contributed by atoms with van der Waals surface area (Å²) in [7, 11) is 3.26. The second kappa shape index (κ2) is 6.72. The molecule has 1 amide bonds. The van der Waals surface area contributed by atoms with Gasteiger partial charge in [-0.05, 0) is 48.9 Å². The van der Waals surface area contributed by atoms with E-state index in [1.54, 1.807) is 14.2 Å². The second-order valence-electron chi connectivity index (χ2n) is 6.67. The summed E-state index contributed by atoms with van der Waals surface area (Å²) in [6.07, 6.45) is 4.91. The molecule has 5 heteroatoms. The van der Waals surface area contributed by atoms with Crippen LogP contribution < -0.4 is 9.47 Å². The van der Waals surface area contributed by atoms with Crippen molar-refractivity contribution in [3.05, 3.63) is 23.3 Å². The fraction of sp³-hybridized carbons (Fsp3) is 0.579. The number of amides is 1. The van der Waals surface area contributed by atoms with Crippen LogP contribution in [-0.2, 0) is 17.6 Å². The van der Waals surface area contributed by atoms with E-state index in [-0.39, 0.29) is 5.91 Å². The highest BCUT2D eigenvalue weighted by molar-refractivity contribution is 5.86. The van der Waals surface area contributed by atoms with Crippen LogP contribution in [0.15, 0.2) is 12.1 Å². The molecule has 0 radical (unpaired) electrons. The molecule has 0 aromatic heterocycles. The van der Waals surface area contributed by atoms with Crippen LogP contribution in [0, 0.1) is 16.7 Å². The number of fused-ring (bicyclic) bond motifs is 1. The number of methoxy groups -OCH3 is 2. The molecule has 1 aromatic carbocycles. The maximum Gasteiger partial charge on any atom is 0.243 e. The van der Waals surface area contributed by atoms with Crippen LogP contribution in [0.4, 0.5) is 0 Å². The van der Waals surface area contributed by atoms with Gasteiger partial charge in [0.15, 0.2) is 11.5 Å². The Balaban J connectivity index is 1.81. The van der Waals surface area contributed by atoms with Crippen molar-refractivity contribution in [2.75, 3.05) is 27.3 Å². The first kappa shape index (κ1) is 16.6. The lowest BCUT2D eigenvalue weighted by atomic mass is 9.86. The fourth-order valence-electron chi connectivity index (χ4n) is 3.91. The van der Waals surface area contributed by atoms with Crippen LogP contribution in [0.1, 0.15) is 36.8 Å². The molecule has 5 nitrogen and oxygen atoms in total. The van der Waals surface area contributed by atoms with Crippen LogP contribution in [0.25, 0.3) is 0 Å². The molecule has 1 heterocycles. The Morgan fingerprint density at radius 2 is 1.58 bits per heavy atom. The number of nitriles is 1. The van der Waals surface area contributed by atoms with Crippen LogP contribution in [0.5, 0.6) is 11.5 Å². The van der Waals surface area contributed by atoms with Gasteiger partial charge in [-0.15, -0.1) is 0 Å². The van der Waals surface area contributed by atoms with Crippen LogP contribution in [0.2, 0.25) is 0 Å². The Hall–Kier alpha value is -2.22. The molecule has 128 valence electrons. The normalized spacial score (nSPS) is 19.1. The molecule has 2 aliphatic rings. The number of hydrogen-bond acceptors (Lipinski definition) is 4. The average molecular weight is 328 g/mol. The molecule has 0 saturated heterocycles. The number of carbonyl (C=O) groups excluding carboxylic acids is 1. The summed E-state index contributed by atoms with van der Waals surface area (Å²) in [6.45, 7) is 1.31. The molecule has 3 rings (SSSR count). The Bertz CT molecular complexity index is 637. The minimum atomic E-state index is -0.786. The summed E-state index contributed by atoms with van der Waals surface area (Å²) in [5, 5.41) is 9.57. The lowest BCUT2D eigenvalue weighted by Gasteiger charge is -2.28. The Kier molecular flexibility index (Phi) is 4.66. The third-order valence-corrected chi connectivity index (χ3v) is 5.38. The monoisotopic (exact) mass is 328 g/mol. The van der Waals surface area contributed by atoms with Gasteiger partial charge in [0.25, 0.3) is 0 Å². The first-order valence-electron chi connectivity index (χ1n) is 8.58. The first-order valence-corrected chi connectivity index (χ1v) is 8.58. The van der Waals surface area contributed by atoms with Crippen LogP contribution in [0.3, 0.4) is 0 Å². The number of nitrogens with zero attached hydrogens (tertiary/aromatic N) is 2. The molecule has 0 N–H and O–H groups in total. The number of carbonyl (C=O) groups is 1. The zero-order valence-corrected chi connectivity index (χ0v) is 14.4. The van der Waals surface area contributed by atoms with Crippen molar-refractivity contribution >= 4 is 5.91 Å². The van der Waals surface area contributed by atoms with Gasteiger partial charge in [0.1, 0.15) is 5.41 Å². The van der Waals surface area contributed by atoms with E-state index in [0.29, 0.717) is 25.9 Å². The lowest BCUT2D eigenvalue weighted by molar-refractivity contribution is -0.138. The Morgan fingerprint density at radius 1 is 1.08 bits per heavy atom. The highest BCUT2D eigenvalue weighted by Crippen LogP contribution is 2.40. The molecule has 1 saturated carbocycles. The van der Waals surface area contributed by atoms with Gasteiger partial charge in [-0.3, -0.25) is 4.79 Å². The van der Waals surface area contributed by atoms with Crippen molar-refractivity contribution in [3.63, 3.8) is 0 Å². The number of ether oxygens (including phenoxy) is 2. The second-order valence-corrected chi connectivity index (χ2v) is 6.67. The topological polar surface area (TPSA) is 62.6 Å². The van der Waals surface area contributed by atoms with E-state index in [1.807, 2.05) is 17.0 Å². The molecule has 1 fully saturated rings. The van der Waals surface area contributed by atoms with Crippen molar-refractivity contribution in [2.45, 2.75) is 38.5 Å². The van der Waals surface area contributed by atoms with E-state index >= 15 is 0 Å². The third kappa shape index (κ3) is 2.82. The molecular weight excluding hydrogens is 304 g/mol. The van der Waals surface area contributed by atoms with Gasteiger partial charge in [0.05, 0.1) is 20.3 Å². The maximum absolute atomic E-state index is 13.0. The molecule has 1 aliphatic carbocycles. The van der Waals surface area contributed by atoms with Crippen molar-refractivity contribution in [2.24, 2.45) is 5.41 Å². The van der Waals surface area contributed by atoms with Gasteiger partial charge in [0, 0.05) is 13.1 Å².